The number of hydrogen-bond acceptors (Lipinski definition) is 3. The fourth-order valence-corrected chi connectivity index (χ4v) is 4.60. The molecule has 2 fully saturated rings. The summed E-state index contributed by atoms with van der Waals surface area (Å²) in [5, 5.41) is 0. The normalized spacial score (nSPS) is 26.3. The molecule has 1 aromatic rings. The number of amides is 2. The number of carbonyl (C=O) groups excluding carboxylic acids is 2. The zero-order chi connectivity index (χ0) is 20.9. The van der Waals surface area contributed by atoms with E-state index >= 15 is 0 Å². The van der Waals surface area contributed by atoms with E-state index in [1.165, 1.54) is 29.0 Å². The standard InChI is InChI=1S/C18H19Cl2F3N2O3/c1-3-16(10-17(16,19)20)15(27)24(2)13-7-8-25(14(13)26)11-5-4-6-12(9-11)28-18(21,22)23/h4-6,9,13H,3,7-8,10H2,1-2H3. The molecular formula is C18H19Cl2F3N2O3. The third kappa shape index (κ3) is 3.64. The number of anilines is 1. The van der Waals surface area contributed by atoms with Crippen LogP contribution in [0.15, 0.2) is 24.3 Å². The first kappa shape index (κ1) is 21.0. The lowest BCUT2D eigenvalue weighted by molar-refractivity contribution is -0.274. The average molecular weight is 439 g/mol. The Morgan fingerprint density at radius 1 is 1.39 bits per heavy atom. The van der Waals surface area contributed by atoms with E-state index < -0.39 is 27.9 Å². The van der Waals surface area contributed by atoms with E-state index in [4.69, 9.17) is 23.2 Å². The highest BCUT2D eigenvalue weighted by Crippen LogP contribution is 2.66. The van der Waals surface area contributed by atoms with E-state index in [9.17, 15) is 22.8 Å². The van der Waals surface area contributed by atoms with Crippen molar-refractivity contribution < 1.29 is 27.5 Å². The van der Waals surface area contributed by atoms with E-state index in [0.717, 1.165) is 12.1 Å². The van der Waals surface area contributed by atoms with Gasteiger partial charge in [-0.2, -0.15) is 0 Å². The molecule has 3 rings (SSSR count). The summed E-state index contributed by atoms with van der Waals surface area (Å²) in [5.41, 5.74) is -0.630. The van der Waals surface area contributed by atoms with Gasteiger partial charge in [0, 0.05) is 25.3 Å². The highest BCUT2D eigenvalue weighted by molar-refractivity contribution is 6.53. The minimum Gasteiger partial charge on any atom is -0.406 e. The summed E-state index contributed by atoms with van der Waals surface area (Å²) in [6.07, 6.45) is -3.70. The number of rotatable bonds is 5. The van der Waals surface area contributed by atoms with Crippen molar-refractivity contribution in [3.05, 3.63) is 24.3 Å². The van der Waals surface area contributed by atoms with Gasteiger partial charge in [-0.25, -0.2) is 0 Å². The van der Waals surface area contributed by atoms with Gasteiger partial charge in [0.2, 0.25) is 11.8 Å². The fraction of sp³-hybridized carbons (Fsp3) is 0.556. The monoisotopic (exact) mass is 438 g/mol. The van der Waals surface area contributed by atoms with Crippen molar-refractivity contribution in [1.29, 1.82) is 0 Å². The average Bonchev–Trinajstić information content (AvgIpc) is 2.97. The van der Waals surface area contributed by atoms with Crippen LogP contribution in [-0.2, 0) is 9.59 Å². The lowest BCUT2D eigenvalue weighted by Gasteiger charge is -2.28. The molecule has 0 spiro atoms. The largest absolute Gasteiger partial charge is 0.573 e. The summed E-state index contributed by atoms with van der Waals surface area (Å²) in [5.74, 6) is -1.08. The maximum atomic E-state index is 12.9. The Morgan fingerprint density at radius 2 is 2.04 bits per heavy atom. The second-order valence-electron chi connectivity index (χ2n) is 7.07. The Hall–Kier alpha value is -1.67. The number of likely N-dealkylation sites (N-methyl/N-ethyl adjacent to an activating group) is 1. The summed E-state index contributed by atoms with van der Waals surface area (Å²) in [7, 11) is 1.52. The molecule has 5 nitrogen and oxygen atoms in total. The Balaban J connectivity index is 1.75. The van der Waals surface area contributed by atoms with E-state index in [1.807, 2.05) is 6.92 Å². The fourth-order valence-electron chi connectivity index (χ4n) is 3.71. The molecule has 1 saturated heterocycles. The molecule has 1 aliphatic heterocycles. The van der Waals surface area contributed by atoms with E-state index in [2.05, 4.69) is 4.74 Å². The van der Waals surface area contributed by atoms with Crippen LogP contribution in [0.25, 0.3) is 0 Å². The Morgan fingerprint density at radius 3 is 2.57 bits per heavy atom. The van der Waals surface area contributed by atoms with Crippen LogP contribution >= 0.6 is 23.2 Å². The highest BCUT2D eigenvalue weighted by atomic mass is 35.5. The van der Waals surface area contributed by atoms with Crippen LogP contribution in [0.3, 0.4) is 0 Å². The molecule has 0 radical (unpaired) electrons. The second kappa shape index (κ2) is 6.99. The zero-order valence-electron chi connectivity index (χ0n) is 15.2. The summed E-state index contributed by atoms with van der Waals surface area (Å²) in [6, 6.07) is 4.46. The van der Waals surface area contributed by atoms with Gasteiger partial charge in [0.05, 0.1) is 5.41 Å². The van der Waals surface area contributed by atoms with Crippen LogP contribution in [0.5, 0.6) is 5.75 Å². The minimum absolute atomic E-state index is 0.266. The first-order valence-corrected chi connectivity index (χ1v) is 9.50. The van der Waals surface area contributed by atoms with Crippen molar-refractivity contribution in [3.63, 3.8) is 0 Å². The van der Waals surface area contributed by atoms with E-state index in [0.29, 0.717) is 19.3 Å². The topological polar surface area (TPSA) is 49.9 Å². The number of benzene rings is 1. The Kier molecular flexibility index (Phi) is 5.25. The maximum Gasteiger partial charge on any atom is 0.573 e. The molecule has 28 heavy (non-hydrogen) atoms. The first-order chi connectivity index (χ1) is 12.9. The highest BCUT2D eigenvalue weighted by Gasteiger charge is 2.71. The molecule has 2 aliphatic rings. The van der Waals surface area contributed by atoms with Gasteiger partial charge in [0.25, 0.3) is 0 Å². The van der Waals surface area contributed by atoms with E-state index in [1.54, 1.807) is 0 Å². The molecule has 0 aromatic heterocycles. The molecule has 0 bridgehead atoms. The summed E-state index contributed by atoms with van der Waals surface area (Å²) >= 11 is 12.3. The van der Waals surface area contributed by atoms with Crippen LogP contribution in [0.4, 0.5) is 18.9 Å². The molecule has 10 heteroatoms. The van der Waals surface area contributed by atoms with Crippen LogP contribution < -0.4 is 9.64 Å². The number of carbonyl (C=O) groups is 2. The summed E-state index contributed by atoms with van der Waals surface area (Å²) in [6.45, 7) is 2.08. The maximum absolute atomic E-state index is 12.9. The number of halogens is 5. The summed E-state index contributed by atoms with van der Waals surface area (Å²) < 4.78 is 40.1. The quantitative estimate of drug-likeness (QED) is 0.649. The van der Waals surface area contributed by atoms with Gasteiger partial charge >= 0.3 is 6.36 Å². The van der Waals surface area contributed by atoms with Crippen LogP contribution in [0, 0.1) is 5.41 Å². The van der Waals surface area contributed by atoms with Gasteiger partial charge < -0.3 is 14.5 Å². The van der Waals surface area contributed by atoms with Crippen molar-refractivity contribution in [2.24, 2.45) is 5.41 Å². The molecule has 1 aliphatic carbocycles. The number of nitrogens with zero attached hydrogens (tertiary/aromatic N) is 2. The molecule has 154 valence electrons. The zero-order valence-corrected chi connectivity index (χ0v) is 16.7. The molecular weight excluding hydrogens is 420 g/mol. The molecule has 2 unspecified atom stereocenters. The third-order valence-corrected chi connectivity index (χ3v) is 6.43. The van der Waals surface area contributed by atoms with Crippen LogP contribution in [-0.4, -0.2) is 47.0 Å². The molecule has 1 heterocycles. The lowest BCUT2D eigenvalue weighted by Crippen LogP contribution is -2.47. The second-order valence-corrected chi connectivity index (χ2v) is 8.56. The predicted molar refractivity (Wildman–Crippen MR) is 98.4 cm³/mol. The molecule has 1 aromatic carbocycles. The van der Waals surface area contributed by atoms with E-state index in [-0.39, 0.29) is 24.0 Å². The molecule has 0 N–H and O–H groups in total. The van der Waals surface area contributed by atoms with Crippen LogP contribution in [0.2, 0.25) is 0 Å². The Bertz CT molecular complexity index is 803. The van der Waals surface area contributed by atoms with Crippen molar-refractivity contribution >= 4 is 40.7 Å². The third-order valence-electron chi connectivity index (χ3n) is 5.44. The van der Waals surface area contributed by atoms with Crippen molar-refractivity contribution in [3.8, 4) is 5.75 Å². The molecule has 1 saturated carbocycles. The number of hydrogen-bond donors (Lipinski definition) is 0. The smallest absolute Gasteiger partial charge is 0.406 e. The lowest BCUT2D eigenvalue weighted by atomic mass is 10.0. The minimum atomic E-state index is -4.82. The van der Waals surface area contributed by atoms with Crippen molar-refractivity contribution in [2.75, 3.05) is 18.5 Å². The van der Waals surface area contributed by atoms with Crippen molar-refractivity contribution in [1.82, 2.24) is 4.90 Å². The first-order valence-electron chi connectivity index (χ1n) is 8.74. The summed E-state index contributed by atoms with van der Waals surface area (Å²) in [4.78, 5) is 28.5. The predicted octanol–water partition coefficient (Wildman–Crippen LogP) is 4.12. The van der Waals surface area contributed by atoms with Gasteiger partial charge in [-0.15, -0.1) is 36.4 Å². The van der Waals surface area contributed by atoms with Gasteiger partial charge in [-0.1, -0.05) is 13.0 Å². The number of ether oxygens (including phenoxy) is 1. The van der Waals surface area contributed by atoms with Crippen LogP contribution in [0.1, 0.15) is 26.2 Å². The SMILES string of the molecule is CCC1(C(=O)N(C)C2CCN(c3cccc(OC(F)(F)F)c3)C2=O)CC1(Cl)Cl. The van der Waals surface area contributed by atoms with Gasteiger partial charge in [0.1, 0.15) is 16.1 Å². The van der Waals surface area contributed by atoms with Gasteiger partial charge in [-0.05, 0) is 31.4 Å². The van der Waals surface area contributed by atoms with Crippen molar-refractivity contribution in [2.45, 2.75) is 42.9 Å². The number of alkyl halides is 5. The Labute approximate surface area is 170 Å². The van der Waals surface area contributed by atoms with Gasteiger partial charge in [0.15, 0.2) is 0 Å². The molecule has 2 amide bonds. The van der Waals surface area contributed by atoms with Gasteiger partial charge in [-0.3, -0.25) is 9.59 Å². The molecule has 2 atom stereocenters.